The monoisotopic (exact) mass is 308 g/mol. The van der Waals surface area contributed by atoms with Gasteiger partial charge in [0.1, 0.15) is 4.88 Å². The van der Waals surface area contributed by atoms with Crippen LogP contribution >= 0.6 is 35.3 Å². The van der Waals surface area contributed by atoms with Crippen LogP contribution in [0.15, 0.2) is 5.38 Å². The van der Waals surface area contributed by atoms with E-state index in [1.165, 1.54) is 24.2 Å². The number of carbonyl (C=O) groups excluding carboxylic acids is 1. The maximum Gasteiger partial charge on any atom is 0.262 e. The topological polar surface area (TPSA) is 41.1 Å². The van der Waals surface area contributed by atoms with Crippen molar-refractivity contribution in [3.05, 3.63) is 20.8 Å². The molecule has 6 heteroatoms. The van der Waals surface area contributed by atoms with E-state index in [-0.39, 0.29) is 18.3 Å². The first-order valence-corrected chi connectivity index (χ1v) is 7.19. The average Bonchev–Trinajstić information content (AvgIpc) is 2.91. The number of hydrogen-bond acceptors (Lipinski definition) is 3. The van der Waals surface area contributed by atoms with E-state index in [1.807, 2.05) is 12.3 Å². The number of hydrogen-bond donors (Lipinski definition) is 2. The summed E-state index contributed by atoms with van der Waals surface area (Å²) in [4.78, 5) is 12.5. The van der Waals surface area contributed by atoms with Crippen LogP contribution in [0.2, 0.25) is 5.02 Å². The molecule has 1 saturated heterocycles. The van der Waals surface area contributed by atoms with E-state index >= 15 is 0 Å². The highest BCUT2D eigenvalue weighted by molar-refractivity contribution is 7.13. The summed E-state index contributed by atoms with van der Waals surface area (Å²) in [6.45, 7) is 3.73. The molecular formula is C12H18Cl2N2OS. The lowest BCUT2D eigenvalue weighted by atomic mass is 10.1. The molecular weight excluding hydrogens is 291 g/mol. The molecule has 1 atom stereocenters. The Labute approximate surface area is 123 Å². The first-order valence-electron chi connectivity index (χ1n) is 5.93. The molecule has 2 rings (SSSR count). The molecule has 0 aliphatic carbocycles. The van der Waals surface area contributed by atoms with Crippen molar-refractivity contribution in [2.75, 3.05) is 13.1 Å². The Balaban J connectivity index is 0.00000162. The second kappa shape index (κ2) is 7.34. The molecule has 1 aromatic heterocycles. The third-order valence-corrected chi connectivity index (χ3v) is 4.74. The van der Waals surface area contributed by atoms with Crippen LogP contribution in [-0.4, -0.2) is 25.0 Å². The molecule has 3 nitrogen and oxygen atoms in total. The van der Waals surface area contributed by atoms with Gasteiger partial charge in [-0.25, -0.2) is 0 Å². The summed E-state index contributed by atoms with van der Waals surface area (Å²) in [6.07, 6.45) is 3.46. The van der Waals surface area contributed by atoms with Gasteiger partial charge in [0, 0.05) is 12.6 Å². The van der Waals surface area contributed by atoms with Crippen LogP contribution in [0, 0.1) is 6.92 Å². The second-order valence-electron chi connectivity index (χ2n) is 4.40. The van der Waals surface area contributed by atoms with Crippen molar-refractivity contribution in [2.45, 2.75) is 32.2 Å². The van der Waals surface area contributed by atoms with Crippen LogP contribution < -0.4 is 10.6 Å². The summed E-state index contributed by atoms with van der Waals surface area (Å²) >= 11 is 7.45. The first-order chi connectivity index (χ1) is 8.18. The van der Waals surface area contributed by atoms with Gasteiger partial charge in [-0.1, -0.05) is 11.6 Å². The summed E-state index contributed by atoms with van der Waals surface area (Å²) in [5, 5.41) is 8.84. The fourth-order valence-corrected chi connectivity index (χ4v) is 3.22. The highest BCUT2D eigenvalue weighted by Gasteiger charge is 2.16. The summed E-state index contributed by atoms with van der Waals surface area (Å²) in [5.41, 5.74) is 0.972. The molecule has 1 aromatic rings. The number of amides is 1. The van der Waals surface area contributed by atoms with Crippen molar-refractivity contribution in [1.82, 2.24) is 10.6 Å². The van der Waals surface area contributed by atoms with Crippen LogP contribution in [0.4, 0.5) is 0 Å². The molecule has 102 valence electrons. The van der Waals surface area contributed by atoms with Gasteiger partial charge in [-0.3, -0.25) is 4.79 Å². The lowest BCUT2D eigenvalue weighted by Crippen LogP contribution is -2.30. The molecule has 1 aliphatic heterocycles. The van der Waals surface area contributed by atoms with E-state index in [1.54, 1.807) is 0 Å². The number of halogens is 2. The minimum Gasteiger partial charge on any atom is -0.351 e. The fourth-order valence-electron chi connectivity index (χ4n) is 2.03. The number of aryl methyl sites for hydroxylation is 1. The van der Waals surface area contributed by atoms with Crippen LogP contribution in [0.5, 0.6) is 0 Å². The van der Waals surface area contributed by atoms with E-state index < -0.39 is 0 Å². The molecule has 1 fully saturated rings. The zero-order valence-electron chi connectivity index (χ0n) is 10.3. The summed E-state index contributed by atoms with van der Waals surface area (Å²) in [7, 11) is 0. The maximum absolute atomic E-state index is 11.8. The number of nitrogens with one attached hydrogen (secondary N) is 2. The van der Waals surface area contributed by atoms with Gasteiger partial charge < -0.3 is 10.6 Å². The predicted molar refractivity (Wildman–Crippen MR) is 79.3 cm³/mol. The molecule has 2 heterocycles. The zero-order chi connectivity index (χ0) is 12.3. The molecule has 0 unspecified atom stereocenters. The van der Waals surface area contributed by atoms with Crippen molar-refractivity contribution in [3.63, 3.8) is 0 Å². The Morgan fingerprint density at radius 1 is 1.67 bits per heavy atom. The first kappa shape index (κ1) is 15.8. The minimum absolute atomic E-state index is 0. The smallest absolute Gasteiger partial charge is 0.262 e. The Kier molecular flexibility index (Phi) is 6.43. The summed E-state index contributed by atoms with van der Waals surface area (Å²) in [6, 6.07) is 0.566. The van der Waals surface area contributed by atoms with Crippen molar-refractivity contribution >= 4 is 41.3 Å². The third kappa shape index (κ3) is 3.85. The lowest BCUT2D eigenvalue weighted by molar-refractivity contribution is 0.0956. The maximum atomic E-state index is 11.8. The lowest BCUT2D eigenvalue weighted by Gasteiger charge is -2.10. The minimum atomic E-state index is -0.0499. The fraction of sp³-hybridized carbons (Fsp3) is 0.583. The molecule has 0 radical (unpaired) electrons. The Bertz CT molecular complexity index is 403. The van der Waals surface area contributed by atoms with E-state index in [9.17, 15) is 4.79 Å². The standard InChI is InChI=1S/C12H17ClN2OS.ClH/c1-8-7-17-11(10(8)13)12(16)15-6-4-9-3-2-5-14-9;/h7,9,14H,2-6H2,1H3,(H,15,16);1H/t9-;/m1./s1. The van der Waals surface area contributed by atoms with Crippen LogP contribution in [0.25, 0.3) is 0 Å². The summed E-state index contributed by atoms with van der Waals surface area (Å²) < 4.78 is 0. The molecule has 18 heavy (non-hydrogen) atoms. The zero-order valence-corrected chi connectivity index (χ0v) is 12.7. The average molecular weight is 309 g/mol. The van der Waals surface area contributed by atoms with Gasteiger partial charge in [0.15, 0.2) is 0 Å². The predicted octanol–water partition coefficient (Wildman–Crippen LogP) is 3.00. The van der Waals surface area contributed by atoms with Gasteiger partial charge in [-0.15, -0.1) is 23.7 Å². The van der Waals surface area contributed by atoms with Gasteiger partial charge in [0.2, 0.25) is 0 Å². The Morgan fingerprint density at radius 2 is 2.44 bits per heavy atom. The molecule has 0 saturated carbocycles. The van der Waals surface area contributed by atoms with E-state index in [4.69, 9.17) is 11.6 Å². The summed E-state index contributed by atoms with van der Waals surface area (Å²) in [5.74, 6) is -0.0499. The van der Waals surface area contributed by atoms with Crippen molar-refractivity contribution < 1.29 is 4.79 Å². The van der Waals surface area contributed by atoms with Crippen LogP contribution in [-0.2, 0) is 0 Å². The van der Waals surface area contributed by atoms with E-state index in [2.05, 4.69) is 10.6 Å². The van der Waals surface area contributed by atoms with Gasteiger partial charge >= 0.3 is 0 Å². The van der Waals surface area contributed by atoms with Crippen molar-refractivity contribution in [2.24, 2.45) is 0 Å². The van der Waals surface area contributed by atoms with Gasteiger partial charge in [-0.05, 0) is 43.7 Å². The van der Waals surface area contributed by atoms with Crippen LogP contribution in [0.3, 0.4) is 0 Å². The highest BCUT2D eigenvalue weighted by Crippen LogP contribution is 2.26. The molecule has 0 aromatic carbocycles. The second-order valence-corrected chi connectivity index (χ2v) is 5.66. The molecule has 2 N–H and O–H groups in total. The van der Waals surface area contributed by atoms with Gasteiger partial charge in [0.05, 0.1) is 5.02 Å². The van der Waals surface area contributed by atoms with Gasteiger partial charge in [-0.2, -0.15) is 0 Å². The normalized spacial score (nSPS) is 18.4. The largest absolute Gasteiger partial charge is 0.351 e. The van der Waals surface area contributed by atoms with E-state index in [0.29, 0.717) is 22.5 Å². The van der Waals surface area contributed by atoms with Crippen LogP contribution in [0.1, 0.15) is 34.5 Å². The molecule has 1 amide bonds. The number of carbonyl (C=O) groups is 1. The van der Waals surface area contributed by atoms with Crippen molar-refractivity contribution in [3.8, 4) is 0 Å². The number of rotatable bonds is 4. The molecule has 0 spiro atoms. The highest BCUT2D eigenvalue weighted by atomic mass is 35.5. The molecule has 0 bridgehead atoms. The Morgan fingerprint density at radius 3 is 3.00 bits per heavy atom. The van der Waals surface area contributed by atoms with E-state index in [0.717, 1.165) is 18.5 Å². The third-order valence-electron chi connectivity index (χ3n) is 3.05. The van der Waals surface area contributed by atoms with Crippen molar-refractivity contribution in [1.29, 1.82) is 0 Å². The number of thiophene rings is 1. The quantitative estimate of drug-likeness (QED) is 0.898. The SMILES string of the molecule is Cc1csc(C(=O)NCC[C@H]2CCCN2)c1Cl.Cl. The molecule has 1 aliphatic rings. The Hall–Kier alpha value is -0.290. The van der Waals surface area contributed by atoms with Gasteiger partial charge in [0.25, 0.3) is 5.91 Å².